The number of fused-ring (bicyclic) bond motifs is 2. The molecule has 3 heterocycles. The average Bonchev–Trinajstić information content (AvgIpc) is 2.93. The van der Waals surface area contributed by atoms with Crippen LogP contribution in [0.1, 0.15) is 28.1 Å². The van der Waals surface area contributed by atoms with Crippen molar-refractivity contribution >= 4 is 27.3 Å². The van der Waals surface area contributed by atoms with Crippen molar-refractivity contribution in [2.45, 2.75) is 34.6 Å². The van der Waals surface area contributed by atoms with Crippen LogP contribution in [0, 0.1) is 34.6 Å². The van der Waals surface area contributed by atoms with Crippen LogP contribution in [0.2, 0.25) is 0 Å². The Balaban J connectivity index is 2.48. The van der Waals surface area contributed by atoms with Crippen molar-refractivity contribution in [3.8, 4) is 0 Å². The van der Waals surface area contributed by atoms with Crippen molar-refractivity contribution in [3.05, 3.63) is 50.6 Å². The first kappa shape index (κ1) is 12.5. The van der Waals surface area contributed by atoms with Crippen LogP contribution in [0.25, 0.3) is 27.3 Å². The van der Waals surface area contributed by atoms with Crippen molar-refractivity contribution in [3.63, 3.8) is 0 Å². The zero-order valence-electron chi connectivity index (χ0n) is 12.9. The van der Waals surface area contributed by atoms with E-state index in [0.717, 1.165) is 49.8 Å². The maximum Gasteiger partial charge on any atom is 0.258 e. The molecule has 4 aromatic rings. The summed E-state index contributed by atoms with van der Waals surface area (Å²) in [5.41, 5.74) is 5.98. The Morgan fingerprint density at radius 3 is 2.29 bits per heavy atom. The van der Waals surface area contributed by atoms with Gasteiger partial charge in [-0.3, -0.25) is 9.20 Å². The Hall–Kier alpha value is -2.29. The quantitative estimate of drug-likeness (QED) is 0.484. The summed E-state index contributed by atoms with van der Waals surface area (Å²) >= 11 is 0. The van der Waals surface area contributed by atoms with Crippen molar-refractivity contribution in [1.29, 1.82) is 0 Å². The summed E-state index contributed by atoms with van der Waals surface area (Å²) in [5.74, 6) is 0.942. The fraction of sp³-hybridized carbons (Fsp3) is 0.278. The van der Waals surface area contributed by atoms with E-state index in [1.807, 2.05) is 32.1 Å². The van der Waals surface area contributed by atoms with E-state index in [4.69, 9.17) is 4.42 Å². The normalized spacial score (nSPS) is 12.2. The fourth-order valence-corrected chi connectivity index (χ4v) is 3.39. The van der Waals surface area contributed by atoms with E-state index in [9.17, 15) is 4.79 Å². The number of aromatic nitrogens is 1. The summed E-state index contributed by atoms with van der Waals surface area (Å²) in [4.78, 5) is 12.6. The third-order valence-electron chi connectivity index (χ3n) is 4.90. The van der Waals surface area contributed by atoms with E-state index < -0.39 is 0 Å². The van der Waals surface area contributed by atoms with Crippen molar-refractivity contribution in [1.82, 2.24) is 4.40 Å². The van der Waals surface area contributed by atoms with E-state index in [2.05, 4.69) is 19.1 Å². The average molecular weight is 279 g/mol. The monoisotopic (exact) mass is 279 g/mol. The van der Waals surface area contributed by atoms with E-state index >= 15 is 0 Å². The lowest BCUT2D eigenvalue weighted by Crippen LogP contribution is -2.18. The minimum Gasteiger partial charge on any atom is -0.460 e. The van der Waals surface area contributed by atoms with Gasteiger partial charge in [0.15, 0.2) is 0 Å². The molecule has 0 spiro atoms. The van der Waals surface area contributed by atoms with E-state index in [0.29, 0.717) is 0 Å². The van der Waals surface area contributed by atoms with Crippen LogP contribution >= 0.6 is 0 Å². The molecule has 0 N–H and O–H groups in total. The Bertz CT molecular complexity index is 1100. The largest absolute Gasteiger partial charge is 0.460 e. The first-order valence-corrected chi connectivity index (χ1v) is 7.19. The lowest BCUT2D eigenvalue weighted by molar-refractivity contribution is 0.578. The lowest BCUT2D eigenvalue weighted by atomic mass is 10.0. The van der Waals surface area contributed by atoms with Gasteiger partial charge in [-0.15, -0.1) is 0 Å². The molecule has 106 valence electrons. The number of furan rings is 1. The van der Waals surface area contributed by atoms with E-state index in [1.54, 1.807) is 0 Å². The van der Waals surface area contributed by atoms with Crippen LogP contribution in [-0.4, -0.2) is 4.40 Å². The predicted octanol–water partition coefficient (Wildman–Crippen LogP) is 4.18. The SMILES string of the molecule is Cc1oc2c(cc3c(C)c(C)c(=O)n4c(C)cc2c34)c1C. The summed E-state index contributed by atoms with van der Waals surface area (Å²) < 4.78 is 7.78. The maximum absolute atomic E-state index is 12.6. The highest BCUT2D eigenvalue weighted by molar-refractivity contribution is 6.14. The maximum atomic E-state index is 12.6. The molecule has 0 aliphatic rings. The molecule has 0 radical (unpaired) electrons. The van der Waals surface area contributed by atoms with Gasteiger partial charge in [0.2, 0.25) is 0 Å². The summed E-state index contributed by atoms with van der Waals surface area (Å²) in [7, 11) is 0. The first-order valence-electron chi connectivity index (χ1n) is 7.19. The molecule has 0 unspecified atom stereocenters. The van der Waals surface area contributed by atoms with Gasteiger partial charge in [0, 0.05) is 27.4 Å². The zero-order chi connectivity index (χ0) is 15.0. The van der Waals surface area contributed by atoms with Gasteiger partial charge in [-0.25, -0.2) is 0 Å². The lowest BCUT2D eigenvalue weighted by Gasteiger charge is -2.08. The number of nitrogens with zero attached hydrogens (tertiary/aromatic N) is 1. The molecule has 0 saturated carbocycles. The predicted molar refractivity (Wildman–Crippen MR) is 85.8 cm³/mol. The Kier molecular flexibility index (Phi) is 2.18. The molecule has 3 nitrogen and oxygen atoms in total. The summed E-state index contributed by atoms with van der Waals surface area (Å²) in [6, 6.07) is 4.23. The van der Waals surface area contributed by atoms with Gasteiger partial charge in [0.05, 0.1) is 5.52 Å². The molecular formula is C18H17NO2. The number of hydrogen-bond donors (Lipinski definition) is 0. The third-order valence-corrected chi connectivity index (χ3v) is 4.90. The van der Waals surface area contributed by atoms with Crippen LogP contribution in [0.4, 0.5) is 0 Å². The van der Waals surface area contributed by atoms with Crippen LogP contribution < -0.4 is 5.56 Å². The number of hydrogen-bond acceptors (Lipinski definition) is 2. The number of aryl methyl sites for hydroxylation is 4. The molecule has 0 fully saturated rings. The third kappa shape index (κ3) is 1.31. The molecule has 0 atom stereocenters. The van der Waals surface area contributed by atoms with Gasteiger partial charge >= 0.3 is 0 Å². The van der Waals surface area contributed by atoms with Crippen molar-refractivity contribution in [2.75, 3.05) is 0 Å². The van der Waals surface area contributed by atoms with Crippen molar-refractivity contribution in [2.24, 2.45) is 0 Å². The molecule has 0 saturated heterocycles. The molecular weight excluding hydrogens is 262 g/mol. The molecule has 0 bridgehead atoms. The van der Waals surface area contributed by atoms with Crippen LogP contribution in [0.3, 0.4) is 0 Å². The second-order valence-electron chi connectivity index (χ2n) is 6.02. The number of benzene rings is 1. The van der Waals surface area contributed by atoms with Gasteiger partial charge in [0.25, 0.3) is 5.56 Å². The Morgan fingerprint density at radius 1 is 0.857 bits per heavy atom. The molecule has 4 rings (SSSR count). The van der Waals surface area contributed by atoms with E-state index in [-0.39, 0.29) is 5.56 Å². The van der Waals surface area contributed by atoms with Crippen LogP contribution in [-0.2, 0) is 0 Å². The first-order chi connectivity index (χ1) is 9.91. The second-order valence-corrected chi connectivity index (χ2v) is 6.02. The number of pyridine rings is 1. The Morgan fingerprint density at radius 2 is 1.57 bits per heavy atom. The van der Waals surface area contributed by atoms with Crippen LogP contribution in [0.5, 0.6) is 0 Å². The molecule has 0 aliphatic heterocycles. The summed E-state index contributed by atoms with van der Waals surface area (Å²) in [6.45, 7) is 9.99. The standard InChI is InChI=1S/C18H17NO2/c1-8-6-15-16-13(9(2)10(3)18(20)19(8)16)7-14-11(4)12(5)21-17(14)15/h6-7H,1-5H3. The topological polar surface area (TPSA) is 34.6 Å². The minimum absolute atomic E-state index is 0.0758. The summed E-state index contributed by atoms with van der Waals surface area (Å²) in [5, 5.41) is 3.33. The molecule has 21 heavy (non-hydrogen) atoms. The highest BCUT2D eigenvalue weighted by atomic mass is 16.3. The zero-order valence-corrected chi connectivity index (χ0v) is 12.9. The highest BCUT2D eigenvalue weighted by Gasteiger charge is 2.20. The highest BCUT2D eigenvalue weighted by Crippen LogP contribution is 2.37. The van der Waals surface area contributed by atoms with Crippen LogP contribution in [0.15, 0.2) is 21.3 Å². The molecule has 0 amide bonds. The molecule has 0 aliphatic carbocycles. The number of rotatable bonds is 0. The fourth-order valence-electron chi connectivity index (χ4n) is 3.39. The minimum atomic E-state index is 0.0758. The van der Waals surface area contributed by atoms with Gasteiger partial charge in [-0.1, -0.05) is 0 Å². The smallest absolute Gasteiger partial charge is 0.258 e. The summed E-state index contributed by atoms with van der Waals surface area (Å²) in [6.07, 6.45) is 0. The van der Waals surface area contributed by atoms with E-state index in [1.165, 1.54) is 5.56 Å². The Labute approximate surface area is 122 Å². The molecule has 1 aromatic carbocycles. The molecule has 3 heteroatoms. The van der Waals surface area contributed by atoms with Gasteiger partial charge in [-0.05, 0) is 57.9 Å². The van der Waals surface area contributed by atoms with Gasteiger partial charge in [-0.2, -0.15) is 0 Å². The second kappa shape index (κ2) is 3.67. The van der Waals surface area contributed by atoms with Gasteiger partial charge < -0.3 is 4.42 Å². The van der Waals surface area contributed by atoms with Crippen molar-refractivity contribution < 1.29 is 4.42 Å². The van der Waals surface area contributed by atoms with Gasteiger partial charge in [0.1, 0.15) is 11.3 Å². The molecule has 3 aromatic heterocycles.